The molecule has 0 aromatic rings. The van der Waals surface area contributed by atoms with E-state index in [2.05, 4.69) is 32.6 Å². The number of rotatable bonds is 0. The highest BCUT2D eigenvalue weighted by Crippen LogP contribution is 2.69. The number of aliphatic hydroxyl groups is 2. The molecule has 0 aliphatic heterocycles. The Morgan fingerprint density at radius 1 is 1.24 bits per heavy atom. The van der Waals surface area contributed by atoms with Crippen molar-refractivity contribution in [2.24, 2.45) is 16.7 Å². The van der Waals surface area contributed by atoms with E-state index < -0.39 is 11.2 Å². The van der Waals surface area contributed by atoms with Gasteiger partial charge < -0.3 is 10.2 Å². The zero-order valence-electron chi connectivity index (χ0n) is 11.6. The number of hydrogen-bond donors (Lipinski definition) is 2. The monoisotopic (exact) mass is 236 g/mol. The standard InChI is InChI=1S/C15H24O2/c1-12(2,16)8-9-15(17)10-11-6-7-14(15,5)13(11,3)4/h11,16-17H,6-7,10H2,1-5H3/t11-,14-,15-/m1/s1. The average Bonchev–Trinajstić information content (AvgIpc) is 2.46. The van der Waals surface area contributed by atoms with Crippen molar-refractivity contribution in [2.45, 2.75) is 65.1 Å². The van der Waals surface area contributed by atoms with Crippen molar-refractivity contribution in [3.63, 3.8) is 0 Å². The van der Waals surface area contributed by atoms with Crippen molar-refractivity contribution < 1.29 is 10.2 Å². The van der Waals surface area contributed by atoms with Crippen LogP contribution >= 0.6 is 0 Å². The van der Waals surface area contributed by atoms with Crippen LogP contribution in [0.5, 0.6) is 0 Å². The fourth-order valence-corrected chi connectivity index (χ4v) is 3.72. The van der Waals surface area contributed by atoms with Gasteiger partial charge in [-0.25, -0.2) is 0 Å². The largest absolute Gasteiger partial charge is 0.378 e. The molecule has 17 heavy (non-hydrogen) atoms. The maximum absolute atomic E-state index is 10.9. The van der Waals surface area contributed by atoms with Crippen molar-refractivity contribution in [3.05, 3.63) is 0 Å². The van der Waals surface area contributed by atoms with Gasteiger partial charge in [-0.15, -0.1) is 0 Å². The van der Waals surface area contributed by atoms with Gasteiger partial charge in [0.1, 0.15) is 11.2 Å². The second-order valence-corrected chi connectivity index (χ2v) is 7.16. The predicted octanol–water partition coefficient (Wildman–Crippen LogP) is 2.34. The molecule has 2 heteroatoms. The molecule has 0 aromatic carbocycles. The van der Waals surface area contributed by atoms with E-state index in [-0.39, 0.29) is 10.8 Å². The summed E-state index contributed by atoms with van der Waals surface area (Å²) in [5.74, 6) is 6.34. The smallest absolute Gasteiger partial charge is 0.131 e. The number of fused-ring (bicyclic) bond motifs is 2. The van der Waals surface area contributed by atoms with Crippen LogP contribution in [0.2, 0.25) is 0 Å². The topological polar surface area (TPSA) is 40.5 Å². The molecule has 0 amide bonds. The molecule has 2 aliphatic carbocycles. The minimum atomic E-state index is -1.03. The number of hydrogen-bond acceptors (Lipinski definition) is 2. The highest BCUT2D eigenvalue weighted by molar-refractivity contribution is 5.31. The molecular weight excluding hydrogens is 212 g/mol. The molecule has 0 heterocycles. The highest BCUT2D eigenvalue weighted by atomic mass is 16.3. The van der Waals surface area contributed by atoms with Gasteiger partial charge in [-0.3, -0.25) is 0 Å². The Bertz CT molecular complexity index is 393. The van der Waals surface area contributed by atoms with E-state index in [0.717, 1.165) is 12.8 Å². The van der Waals surface area contributed by atoms with E-state index in [9.17, 15) is 10.2 Å². The molecule has 0 saturated heterocycles. The summed E-state index contributed by atoms with van der Waals surface area (Å²) < 4.78 is 0. The highest BCUT2D eigenvalue weighted by Gasteiger charge is 2.68. The molecule has 2 fully saturated rings. The van der Waals surface area contributed by atoms with E-state index >= 15 is 0 Å². The Kier molecular flexibility index (Phi) is 2.49. The van der Waals surface area contributed by atoms with Crippen molar-refractivity contribution in [3.8, 4) is 11.8 Å². The Morgan fingerprint density at radius 2 is 1.82 bits per heavy atom. The van der Waals surface area contributed by atoms with Gasteiger partial charge in [-0.1, -0.05) is 32.6 Å². The quantitative estimate of drug-likeness (QED) is 0.634. The molecule has 2 saturated carbocycles. The Morgan fingerprint density at radius 3 is 2.18 bits per heavy atom. The van der Waals surface area contributed by atoms with Crippen LogP contribution in [0.15, 0.2) is 0 Å². The fourth-order valence-electron chi connectivity index (χ4n) is 3.72. The minimum Gasteiger partial charge on any atom is -0.378 e. The Labute approximate surface area is 104 Å². The van der Waals surface area contributed by atoms with Gasteiger partial charge in [-0.05, 0) is 44.4 Å². The summed E-state index contributed by atoms with van der Waals surface area (Å²) in [4.78, 5) is 0. The summed E-state index contributed by atoms with van der Waals surface area (Å²) in [6, 6.07) is 0. The summed E-state index contributed by atoms with van der Waals surface area (Å²) in [7, 11) is 0. The van der Waals surface area contributed by atoms with Gasteiger partial charge in [0.2, 0.25) is 0 Å². The van der Waals surface area contributed by atoms with Crippen LogP contribution in [-0.4, -0.2) is 21.4 Å². The molecule has 0 aromatic heterocycles. The van der Waals surface area contributed by atoms with Crippen molar-refractivity contribution in [2.75, 3.05) is 0 Å². The van der Waals surface area contributed by atoms with Crippen LogP contribution in [0.3, 0.4) is 0 Å². The van der Waals surface area contributed by atoms with E-state index in [1.165, 1.54) is 6.42 Å². The van der Waals surface area contributed by atoms with E-state index in [4.69, 9.17) is 0 Å². The third-order valence-electron chi connectivity index (χ3n) is 5.47. The lowest BCUT2D eigenvalue weighted by Crippen LogP contribution is -2.46. The van der Waals surface area contributed by atoms with Gasteiger partial charge in [0.25, 0.3) is 0 Å². The first-order valence-corrected chi connectivity index (χ1v) is 6.51. The zero-order valence-corrected chi connectivity index (χ0v) is 11.6. The van der Waals surface area contributed by atoms with Crippen molar-refractivity contribution in [1.29, 1.82) is 0 Å². The summed E-state index contributed by atoms with van der Waals surface area (Å²) in [6.45, 7) is 9.95. The van der Waals surface area contributed by atoms with Crippen molar-refractivity contribution >= 4 is 0 Å². The molecule has 0 unspecified atom stereocenters. The maximum atomic E-state index is 10.9. The summed E-state index contributed by atoms with van der Waals surface area (Å²) in [5.41, 5.74) is -1.98. The van der Waals surface area contributed by atoms with E-state index in [1.807, 2.05) is 0 Å². The van der Waals surface area contributed by atoms with Crippen LogP contribution in [0.1, 0.15) is 53.9 Å². The van der Waals surface area contributed by atoms with Crippen LogP contribution in [0.4, 0.5) is 0 Å². The second kappa shape index (κ2) is 3.28. The average molecular weight is 236 g/mol. The normalized spacial score (nSPS) is 43.4. The third kappa shape index (κ3) is 1.63. The summed E-state index contributed by atoms with van der Waals surface area (Å²) in [5, 5.41) is 20.5. The van der Waals surface area contributed by atoms with Gasteiger partial charge in [0.15, 0.2) is 0 Å². The Balaban J connectivity index is 2.39. The van der Waals surface area contributed by atoms with Gasteiger partial charge in [0, 0.05) is 5.41 Å². The summed E-state index contributed by atoms with van der Waals surface area (Å²) >= 11 is 0. The summed E-state index contributed by atoms with van der Waals surface area (Å²) in [6.07, 6.45) is 2.97. The predicted molar refractivity (Wildman–Crippen MR) is 68.3 cm³/mol. The first-order valence-electron chi connectivity index (χ1n) is 6.51. The van der Waals surface area contributed by atoms with Crippen LogP contribution < -0.4 is 0 Å². The SMILES string of the molecule is CC(C)(O)C#C[C@@]1(O)C[C@H]2CC[C@]1(C)C2(C)C. The van der Waals surface area contributed by atoms with Gasteiger partial charge in [-0.2, -0.15) is 0 Å². The third-order valence-corrected chi connectivity index (χ3v) is 5.47. The Hall–Kier alpha value is -0.520. The minimum absolute atomic E-state index is 0.135. The van der Waals surface area contributed by atoms with E-state index in [1.54, 1.807) is 13.8 Å². The molecule has 2 N–H and O–H groups in total. The molecule has 96 valence electrons. The molecule has 2 rings (SSSR count). The molecule has 2 nitrogen and oxygen atoms in total. The molecule has 0 spiro atoms. The molecule has 3 atom stereocenters. The maximum Gasteiger partial charge on any atom is 0.131 e. The first kappa shape index (κ1) is 12.9. The molecule has 0 radical (unpaired) electrons. The fraction of sp³-hybridized carbons (Fsp3) is 0.867. The molecular formula is C15H24O2. The van der Waals surface area contributed by atoms with Crippen LogP contribution in [0.25, 0.3) is 0 Å². The lowest BCUT2D eigenvalue weighted by Gasteiger charge is -2.42. The lowest BCUT2D eigenvalue weighted by molar-refractivity contribution is -0.0437. The lowest BCUT2D eigenvalue weighted by atomic mass is 9.64. The van der Waals surface area contributed by atoms with Gasteiger partial charge in [0.05, 0.1) is 0 Å². The second-order valence-electron chi connectivity index (χ2n) is 7.16. The van der Waals surface area contributed by atoms with Crippen LogP contribution in [0, 0.1) is 28.6 Å². The van der Waals surface area contributed by atoms with E-state index in [0.29, 0.717) is 5.92 Å². The van der Waals surface area contributed by atoms with Gasteiger partial charge >= 0.3 is 0 Å². The van der Waals surface area contributed by atoms with Crippen molar-refractivity contribution in [1.82, 2.24) is 0 Å². The molecule has 2 bridgehead atoms. The molecule has 2 aliphatic rings. The van der Waals surface area contributed by atoms with Crippen LogP contribution in [-0.2, 0) is 0 Å². The first-order chi connectivity index (χ1) is 7.52. The zero-order chi connectivity index (χ0) is 13.1.